The minimum Gasteiger partial charge on any atom is -0.361 e. The zero-order valence-electron chi connectivity index (χ0n) is 13.5. The maximum atomic E-state index is 5.87. The average Bonchev–Trinajstić information content (AvgIpc) is 2.62. The molecule has 1 aromatic heterocycles. The Labute approximate surface area is 141 Å². The van der Waals surface area contributed by atoms with E-state index in [1.165, 1.54) is 6.04 Å². The van der Waals surface area contributed by atoms with Crippen molar-refractivity contribution in [3.05, 3.63) is 51.9 Å². The Morgan fingerprint density at radius 2 is 2.09 bits per heavy atom. The monoisotopic (exact) mass is 378 g/mol. The van der Waals surface area contributed by atoms with E-state index in [1.54, 1.807) is 0 Å². The molecule has 1 aliphatic heterocycles. The van der Waals surface area contributed by atoms with Gasteiger partial charge in [-0.1, -0.05) is 38.9 Å². The van der Waals surface area contributed by atoms with Crippen LogP contribution in [0.3, 0.4) is 0 Å². The molecule has 0 aromatic carbocycles. The number of hydrogen-bond acceptors (Lipinski definition) is 2. The number of halogens is 1. The van der Waals surface area contributed by atoms with Gasteiger partial charge < -0.3 is 9.30 Å². The minimum absolute atomic E-state index is 0.525. The molecular formula is C17H23BrN2OSi. The van der Waals surface area contributed by atoms with E-state index in [0.717, 1.165) is 33.1 Å². The van der Waals surface area contributed by atoms with Gasteiger partial charge in [0.1, 0.15) is 11.3 Å². The van der Waals surface area contributed by atoms with Crippen molar-refractivity contribution in [2.75, 3.05) is 6.61 Å². The summed E-state index contributed by atoms with van der Waals surface area (Å²) in [5.74, 6) is 0. The van der Waals surface area contributed by atoms with Crippen molar-refractivity contribution >= 4 is 36.2 Å². The Morgan fingerprint density at radius 1 is 1.36 bits per heavy atom. The lowest BCUT2D eigenvalue weighted by atomic mass is 10.2. The predicted octanol–water partition coefficient (Wildman–Crippen LogP) is 3.65. The van der Waals surface area contributed by atoms with E-state index in [4.69, 9.17) is 4.74 Å². The van der Waals surface area contributed by atoms with Crippen LogP contribution in [0, 0.1) is 0 Å². The summed E-state index contributed by atoms with van der Waals surface area (Å²) in [6.45, 7) is 16.3. The zero-order valence-corrected chi connectivity index (χ0v) is 16.1. The summed E-state index contributed by atoms with van der Waals surface area (Å²) < 4.78 is 8.71. The molecule has 2 heterocycles. The van der Waals surface area contributed by atoms with Crippen LogP contribution in [0.25, 0.3) is 12.2 Å². The molecule has 1 aliphatic rings. The van der Waals surface area contributed by atoms with Crippen LogP contribution in [-0.2, 0) is 11.5 Å². The number of ether oxygens (including phenoxy) is 1. The predicted molar refractivity (Wildman–Crippen MR) is 100 cm³/mol. The molecule has 0 amide bonds. The van der Waals surface area contributed by atoms with Crippen molar-refractivity contribution in [2.45, 2.75) is 32.4 Å². The van der Waals surface area contributed by atoms with E-state index in [1.807, 2.05) is 24.4 Å². The average molecular weight is 379 g/mol. The van der Waals surface area contributed by atoms with Gasteiger partial charge in [-0.25, -0.2) is 4.99 Å². The Kier molecular flexibility index (Phi) is 5.42. The normalized spacial score (nSPS) is 14.5. The second kappa shape index (κ2) is 6.94. The van der Waals surface area contributed by atoms with Crippen LogP contribution in [0.15, 0.2) is 40.6 Å². The Balaban J connectivity index is 2.27. The van der Waals surface area contributed by atoms with Crippen LogP contribution in [-0.4, -0.2) is 19.2 Å². The van der Waals surface area contributed by atoms with Crippen LogP contribution in [0.5, 0.6) is 0 Å². The lowest BCUT2D eigenvalue weighted by Gasteiger charge is -2.15. The third-order valence-electron chi connectivity index (χ3n) is 3.41. The minimum atomic E-state index is -1.06. The van der Waals surface area contributed by atoms with E-state index in [-0.39, 0.29) is 0 Å². The summed E-state index contributed by atoms with van der Waals surface area (Å²) in [5.41, 5.74) is 1.91. The molecule has 0 radical (unpaired) electrons. The van der Waals surface area contributed by atoms with Gasteiger partial charge in [-0.2, -0.15) is 0 Å². The van der Waals surface area contributed by atoms with Crippen LogP contribution < -0.4 is 10.7 Å². The van der Waals surface area contributed by atoms with Crippen LogP contribution in [0.4, 0.5) is 0 Å². The molecule has 0 atom stereocenters. The molecule has 0 aliphatic carbocycles. The smallest absolute Gasteiger partial charge is 0.122 e. The molecule has 0 spiro atoms. The second-order valence-electron chi connectivity index (χ2n) is 6.64. The van der Waals surface area contributed by atoms with Gasteiger partial charge in [0.2, 0.25) is 0 Å². The third kappa shape index (κ3) is 4.41. The summed E-state index contributed by atoms with van der Waals surface area (Å²) in [4.78, 5) is 4.59. The molecule has 3 nitrogen and oxygen atoms in total. The lowest BCUT2D eigenvalue weighted by molar-refractivity contribution is 0.0856. The van der Waals surface area contributed by atoms with Crippen LogP contribution >= 0.6 is 15.9 Å². The van der Waals surface area contributed by atoms with E-state index in [2.05, 4.69) is 58.3 Å². The molecule has 1 aromatic rings. The van der Waals surface area contributed by atoms with E-state index < -0.39 is 8.07 Å². The molecule has 118 valence electrons. The van der Waals surface area contributed by atoms with Crippen LogP contribution in [0.2, 0.25) is 25.7 Å². The highest BCUT2D eigenvalue weighted by Gasteiger charge is 2.12. The first kappa shape index (κ1) is 17.2. The van der Waals surface area contributed by atoms with Gasteiger partial charge in [-0.05, 0) is 39.7 Å². The Bertz CT molecular complexity index is 738. The number of nitrogens with zero attached hydrogens (tertiary/aromatic N) is 2. The van der Waals surface area contributed by atoms with Gasteiger partial charge >= 0.3 is 0 Å². The molecule has 2 rings (SSSR count). The Morgan fingerprint density at radius 3 is 2.73 bits per heavy atom. The summed E-state index contributed by atoms with van der Waals surface area (Å²) in [6, 6.07) is 1.17. The fourth-order valence-corrected chi connectivity index (χ4v) is 3.39. The first-order valence-electron chi connectivity index (χ1n) is 7.36. The first-order chi connectivity index (χ1) is 10.3. The third-order valence-corrected chi connectivity index (χ3v) is 5.52. The molecular weight excluding hydrogens is 356 g/mol. The van der Waals surface area contributed by atoms with E-state index >= 15 is 0 Å². The Hall–Kier alpha value is -1.17. The fourth-order valence-electron chi connectivity index (χ4n) is 2.16. The molecule has 0 bridgehead atoms. The number of aromatic nitrogens is 1. The van der Waals surface area contributed by atoms with E-state index in [9.17, 15) is 0 Å². The number of fused-ring (bicyclic) bond motifs is 1. The van der Waals surface area contributed by atoms with Gasteiger partial charge in [0, 0.05) is 26.4 Å². The summed E-state index contributed by atoms with van der Waals surface area (Å²) >= 11 is 3.45. The van der Waals surface area contributed by atoms with Gasteiger partial charge in [-0.3, -0.25) is 0 Å². The molecule has 0 saturated carbocycles. The highest BCUT2D eigenvalue weighted by atomic mass is 79.9. The lowest BCUT2D eigenvalue weighted by Crippen LogP contribution is -2.31. The van der Waals surface area contributed by atoms with Crippen LogP contribution in [0.1, 0.15) is 5.56 Å². The molecule has 0 N–H and O–H groups in total. The summed E-state index contributed by atoms with van der Waals surface area (Å²) in [5, 5.41) is 1.92. The van der Waals surface area contributed by atoms with Crippen molar-refractivity contribution < 1.29 is 4.74 Å². The van der Waals surface area contributed by atoms with Crippen molar-refractivity contribution in [2.24, 2.45) is 4.99 Å². The maximum absolute atomic E-state index is 5.87. The van der Waals surface area contributed by atoms with Gasteiger partial charge in [-0.15, -0.1) is 0 Å². The standard InChI is InChI=1S/C17H23BrN2OSi/c1-6-14-11-20(12-21-7-8-22(3,4)5)15-9-13(2)10-16(18)19-17(14)15/h6,9-11H,1-2,7-8,12H2,3-5H3. The van der Waals surface area contributed by atoms with Crippen molar-refractivity contribution in [1.29, 1.82) is 0 Å². The van der Waals surface area contributed by atoms with Crippen molar-refractivity contribution in [3.63, 3.8) is 0 Å². The largest absolute Gasteiger partial charge is 0.361 e. The molecule has 22 heavy (non-hydrogen) atoms. The quantitative estimate of drug-likeness (QED) is 0.421. The number of hydrogen-bond donors (Lipinski definition) is 0. The summed E-state index contributed by atoms with van der Waals surface area (Å²) in [7, 11) is -1.06. The SMILES string of the molecule is C=Cc1cn(COCC[Si](C)(C)C)c2c1=NC(Br)=CC(=C)C=2. The second-order valence-corrected chi connectivity index (χ2v) is 13.1. The van der Waals surface area contributed by atoms with Gasteiger partial charge in [0.05, 0.1) is 10.7 Å². The molecule has 0 unspecified atom stereocenters. The van der Waals surface area contributed by atoms with Crippen molar-refractivity contribution in [1.82, 2.24) is 4.57 Å². The molecule has 5 heteroatoms. The number of allylic oxidation sites excluding steroid dienone is 2. The highest BCUT2D eigenvalue weighted by molar-refractivity contribution is 9.11. The zero-order chi connectivity index (χ0) is 16.3. The maximum Gasteiger partial charge on any atom is 0.122 e. The summed E-state index contributed by atoms with van der Waals surface area (Å²) in [6.07, 6.45) is 7.79. The molecule has 0 saturated heterocycles. The topological polar surface area (TPSA) is 26.5 Å². The fraction of sp³-hybridized carbons (Fsp3) is 0.353. The highest BCUT2D eigenvalue weighted by Crippen LogP contribution is 2.12. The molecule has 0 fully saturated rings. The van der Waals surface area contributed by atoms with E-state index in [0.29, 0.717) is 6.73 Å². The van der Waals surface area contributed by atoms with Crippen molar-refractivity contribution in [3.8, 4) is 0 Å². The first-order valence-corrected chi connectivity index (χ1v) is 11.9. The van der Waals surface area contributed by atoms with Gasteiger partial charge in [0.15, 0.2) is 0 Å². The number of rotatable bonds is 6. The van der Waals surface area contributed by atoms with Gasteiger partial charge in [0.25, 0.3) is 0 Å².